The van der Waals surface area contributed by atoms with Gasteiger partial charge in [-0.1, -0.05) is 12.1 Å². The van der Waals surface area contributed by atoms with Gasteiger partial charge in [-0.15, -0.1) is 10.2 Å². The van der Waals surface area contributed by atoms with Gasteiger partial charge in [-0.3, -0.25) is 4.79 Å². The van der Waals surface area contributed by atoms with Crippen molar-refractivity contribution in [1.29, 1.82) is 0 Å². The number of rotatable bonds is 4. The molecule has 0 radical (unpaired) electrons. The third-order valence-corrected chi connectivity index (χ3v) is 5.50. The van der Waals surface area contributed by atoms with Crippen molar-refractivity contribution in [3.05, 3.63) is 29.8 Å². The fourth-order valence-corrected chi connectivity index (χ4v) is 3.97. The number of ether oxygens (including phenoxy) is 2. The number of carbonyl (C=O) groups excluding carboxylic acids is 1. The molecule has 2 aliphatic heterocycles. The molecule has 1 amide bonds. The molecule has 144 valence electrons. The second-order valence-electron chi connectivity index (χ2n) is 7.24. The van der Waals surface area contributed by atoms with Crippen molar-refractivity contribution in [3.63, 3.8) is 0 Å². The van der Waals surface area contributed by atoms with Crippen molar-refractivity contribution < 1.29 is 14.3 Å². The first kappa shape index (κ1) is 18.1. The number of amides is 1. The molecule has 0 spiro atoms. The predicted octanol–water partition coefficient (Wildman–Crippen LogP) is 1.44. The molecule has 0 saturated carbocycles. The first-order valence-electron chi connectivity index (χ1n) is 9.51. The highest BCUT2D eigenvalue weighted by Crippen LogP contribution is 2.30. The molecule has 1 N–H and O–H groups in total. The minimum Gasteiger partial charge on any atom is -0.381 e. The predicted molar refractivity (Wildman–Crippen MR) is 98.0 cm³/mol. The Morgan fingerprint density at radius 1 is 1.11 bits per heavy atom. The summed E-state index contributed by atoms with van der Waals surface area (Å²) in [6.07, 6.45) is 2.94. The Labute approximate surface area is 158 Å². The fourth-order valence-electron chi connectivity index (χ4n) is 3.97. The van der Waals surface area contributed by atoms with Gasteiger partial charge in [0.2, 0.25) is 5.82 Å². The van der Waals surface area contributed by atoms with Gasteiger partial charge in [0.1, 0.15) is 0 Å². The van der Waals surface area contributed by atoms with E-state index in [1.54, 1.807) is 7.05 Å². The zero-order chi connectivity index (χ0) is 18.6. The summed E-state index contributed by atoms with van der Waals surface area (Å²) >= 11 is 0. The summed E-state index contributed by atoms with van der Waals surface area (Å²) in [4.78, 5) is 14.2. The van der Waals surface area contributed by atoms with Gasteiger partial charge in [-0.05, 0) is 42.5 Å². The van der Waals surface area contributed by atoms with E-state index in [0.717, 1.165) is 38.0 Å². The fraction of sp³-hybridized carbons (Fsp3) is 0.579. The molecule has 0 bridgehead atoms. The lowest BCUT2D eigenvalue weighted by Gasteiger charge is -2.39. The number of nitrogens with one attached hydrogen (secondary N) is 1. The maximum atomic E-state index is 12.8. The van der Waals surface area contributed by atoms with Crippen LogP contribution in [0.1, 0.15) is 29.6 Å². The number of nitrogens with zero attached hydrogens (tertiary/aromatic N) is 4. The normalized spacial score (nSPS) is 23.9. The quantitative estimate of drug-likeness (QED) is 0.874. The van der Waals surface area contributed by atoms with Crippen LogP contribution in [0.2, 0.25) is 0 Å². The monoisotopic (exact) mass is 371 g/mol. The molecule has 4 rings (SSSR count). The molecule has 8 heteroatoms. The molecule has 2 aromatic rings. The topological polar surface area (TPSA) is 91.2 Å². The van der Waals surface area contributed by atoms with E-state index in [9.17, 15) is 4.79 Å². The third kappa shape index (κ3) is 4.17. The molecular weight excluding hydrogens is 346 g/mol. The highest BCUT2D eigenvalue weighted by atomic mass is 16.5. The largest absolute Gasteiger partial charge is 0.381 e. The summed E-state index contributed by atoms with van der Waals surface area (Å²) in [6, 6.07) is 7.47. The highest BCUT2D eigenvalue weighted by molar-refractivity contribution is 5.94. The molecule has 0 unspecified atom stereocenters. The number of carbonyl (C=O) groups is 1. The SMILES string of the molecule is Cn1nnc(-c2ccc(C(=O)N[C@H]3CCOC[C@H]3C3CCOCC3)cc2)n1. The first-order valence-corrected chi connectivity index (χ1v) is 9.51. The average Bonchev–Trinajstić information content (AvgIpc) is 3.15. The van der Waals surface area contributed by atoms with Crippen LogP contribution in [0.15, 0.2) is 24.3 Å². The summed E-state index contributed by atoms with van der Waals surface area (Å²) in [7, 11) is 1.72. The number of aromatic nitrogens is 4. The summed E-state index contributed by atoms with van der Waals surface area (Å²) in [5.41, 5.74) is 1.48. The van der Waals surface area contributed by atoms with Crippen LogP contribution in [-0.2, 0) is 16.5 Å². The lowest BCUT2D eigenvalue weighted by Crippen LogP contribution is -2.49. The Hall–Kier alpha value is -2.32. The van der Waals surface area contributed by atoms with E-state index in [2.05, 4.69) is 20.7 Å². The maximum absolute atomic E-state index is 12.8. The van der Waals surface area contributed by atoms with Gasteiger partial charge in [-0.25, -0.2) is 0 Å². The summed E-state index contributed by atoms with van der Waals surface area (Å²) in [6.45, 7) is 3.02. The van der Waals surface area contributed by atoms with Crippen molar-refractivity contribution in [2.75, 3.05) is 26.4 Å². The van der Waals surface area contributed by atoms with E-state index in [4.69, 9.17) is 9.47 Å². The number of hydrogen-bond acceptors (Lipinski definition) is 6. The van der Waals surface area contributed by atoms with Crippen LogP contribution in [0.25, 0.3) is 11.4 Å². The molecule has 2 aliphatic rings. The average molecular weight is 371 g/mol. The number of aryl methyl sites for hydroxylation is 1. The van der Waals surface area contributed by atoms with Gasteiger partial charge in [0, 0.05) is 42.9 Å². The third-order valence-electron chi connectivity index (χ3n) is 5.50. The Bertz CT molecular complexity index is 770. The molecule has 27 heavy (non-hydrogen) atoms. The summed E-state index contributed by atoms with van der Waals surface area (Å²) in [5.74, 6) is 1.41. The van der Waals surface area contributed by atoms with E-state index in [0.29, 0.717) is 36.4 Å². The first-order chi connectivity index (χ1) is 13.2. The Morgan fingerprint density at radius 3 is 2.56 bits per heavy atom. The van der Waals surface area contributed by atoms with E-state index in [1.165, 1.54) is 4.80 Å². The van der Waals surface area contributed by atoms with Crippen molar-refractivity contribution in [2.45, 2.75) is 25.3 Å². The van der Waals surface area contributed by atoms with Crippen LogP contribution in [0, 0.1) is 11.8 Å². The van der Waals surface area contributed by atoms with Gasteiger partial charge in [0.15, 0.2) is 0 Å². The van der Waals surface area contributed by atoms with Crippen LogP contribution in [0.3, 0.4) is 0 Å². The molecular formula is C19H25N5O3. The van der Waals surface area contributed by atoms with Gasteiger partial charge in [-0.2, -0.15) is 4.80 Å². The Morgan fingerprint density at radius 2 is 1.85 bits per heavy atom. The van der Waals surface area contributed by atoms with Gasteiger partial charge >= 0.3 is 0 Å². The van der Waals surface area contributed by atoms with Crippen LogP contribution in [0.4, 0.5) is 0 Å². The van der Waals surface area contributed by atoms with E-state index < -0.39 is 0 Å². The molecule has 2 fully saturated rings. The van der Waals surface area contributed by atoms with Gasteiger partial charge in [0.05, 0.1) is 13.7 Å². The van der Waals surface area contributed by atoms with Crippen molar-refractivity contribution >= 4 is 5.91 Å². The van der Waals surface area contributed by atoms with Crippen molar-refractivity contribution in [2.24, 2.45) is 18.9 Å². The van der Waals surface area contributed by atoms with Gasteiger partial charge < -0.3 is 14.8 Å². The number of tetrazole rings is 1. The number of benzene rings is 1. The molecule has 8 nitrogen and oxygen atoms in total. The van der Waals surface area contributed by atoms with Crippen molar-refractivity contribution in [1.82, 2.24) is 25.5 Å². The Kier molecular flexibility index (Phi) is 5.45. The Balaban J connectivity index is 1.42. The second-order valence-corrected chi connectivity index (χ2v) is 7.24. The molecule has 3 heterocycles. The molecule has 0 aliphatic carbocycles. The standard InChI is InChI=1S/C19H25N5O3/c1-24-22-18(21-23-24)14-2-4-15(5-3-14)19(25)20-17-8-11-27-12-16(17)13-6-9-26-10-7-13/h2-5,13,16-17H,6-12H2,1H3,(H,20,25)/t16-,17-/m0/s1. The van der Waals surface area contributed by atoms with E-state index in [1.807, 2.05) is 24.3 Å². The lowest BCUT2D eigenvalue weighted by atomic mass is 9.79. The smallest absolute Gasteiger partial charge is 0.251 e. The molecule has 2 saturated heterocycles. The minimum atomic E-state index is -0.0439. The van der Waals surface area contributed by atoms with Crippen LogP contribution < -0.4 is 5.32 Å². The lowest BCUT2D eigenvalue weighted by molar-refractivity contribution is -0.0259. The second kappa shape index (κ2) is 8.14. The number of hydrogen-bond donors (Lipinski definition) is 1. The van der Waals surface area contributed by atoms with Crippen LogP contribution in [-0.4, -0.2) is 58.6 Å². The van der Waals surface area contributed by atoms with E-state index in [-0.39, 0.29) is 11.9 Å². The molecule has 2 atom stereocenters. The summed E-state index contributed by atoms with van der Waals surface area (Å²) < 4.78 is 11.2. The zero-order valence-corrected chi connectivity index (χ0v) is 15.5. The van der Waals surface area contributed by atoms with Crippen LogP contribution >= 0.6 is 0 Å². The highest BCUT2D eigenvalue weighted by Gasteiger charge is 2.34. The van der Waals surface area contributed by atoms with Crippen molar-refractivity contribution in [3.8, 4) is 11.4 Å². The zero-order valence-electron chi connectivity index (χ0n) is 15.5. The van der Waals surface area contributed by atoms with Crippen LogP contribution in [0.5, 0.6) is 0 Å². The summed E-state index contributed by atoms with van der Waals surface area (Å²) in [5, 5.41) is 15.2. The molecule has 1 aromatic carbocycles. The van der Waals surface area contributed by atoms with E-state index >= 15 is 0 Å². The minimum absolute atomic E-state index is 0.0439. The maximum Gasteiger partial charge on any atom is 0.251 e. The van der Waals surface area contributed by atoms with Gasteiger partial charge in [0.25, 0.3) is 5.91 Å². The molecule has 1 aromatic heterocycles.